The third kappa shape index (κ3) is 3.92. The highest BCUT2D eigenvalue weighted by Crippen LogP contribution is 2.20. The lowest BCUT2D eigenvalue weighted by molar-refractivity contribution is 0.0725. The molecule has 0 aliphatic carbocycles. The van der Waals surface area contributed by atoms with Crippen LogP contribution in [0.4, 0.5) is 0 Å². The van der Waals surface area contributed by atoms with Crippen molar-refractivity contribution in [3.8, 4) is 0 Å². The van der Waals surface area contributed by atoms with Gasteiger partial charge < -0.3 is 14.0 Å². The van der Waals surface area contributed by atoms with Crippen molar-refractivity contribution in [1.82, 2.24) is 4.57 Å². The van der Waals surface area contributed by atoms with Gasteiger partial charge in [-0.2, -0.15) is 0 Å². The molecule has 0 aromatic carbocycles. The number of ether oxygens (including phenoxy) is 2. The van der Waals surface area contributed by atoms with Crippen LogP contribution in [0.3, 0.4) is 0 Å². The predicted molar refractivity (Wildman–Crippen MR) is 83.4 cm³/mol. The van der Waals surface area contributed by atoms with Gasteiger partial charge in [0.1, 0.15) is 5.76 Å². The Morgan fingerprint density at radius 1 is 1.20 bits per heavy atom. The van der Waals surface area contributed by atoms with E-state index in [1.807, 2.05) is 19.9 Å². The second-order valence-corrected chi connectivity index (χ2v) is 4.36. The summed E-state index contributed by atoms with van der Waals surface area (Å²) >= 11 is 0. The Bertz CT molecular complexity index is 469. The van der Waals surface area contributed by atoms with Gasteiger partial charge in [-0.3, -0.25) is 0 Å². The number of rotatable bonds is 5. The van der Waals surface area contributed by atoms with Gasteiger partial charge in [0.05, 0.1) is 0 Å². The van der Waals surface area contributed by atoms with Crippen LogP contribution in [0.2, 0.25) is 0 Å². The second kappa shape index (κ2) is 8.51. The number of hydrogen-bond acceptors (Lipinski definition) is 2. The molecular formula is C17H27NO2. The summed E-state index contributed by atoms with van der Waals surface area (Å²) in [6.45, 7) is 11.8. The number of aryl methyl sites for hydroxylation is 1. The normalized spacial score (nSPS) is 14.1. The van der Waals surface area contributed by atoms with Crippen LogP contribution in [0.25, 0.3) is 0 Å². The molecule has 0 bridgehead atoms. The van der Waals surface area contributed by atoms with Crippen molar-refractivity contribution < 1.29 is 9.47 Å². The van der Waals surface area contributed by atoms with E-state index in [0.717, 1.165) is 30.9 Å². The minimum Gasteiger partial charge on any atom is -0.458 e. The molecule has 0 N–H and O–H groups in total. The van der Waals surface area contributed by atoms with Crippen molar-refractivity contribution in [1.29, 1.82) is 0 Å². The molecule has 112 valence electrons. The van der Waals surface area contributed by atoms with Gasteiger partial charge >= 0.3 is 0 Å². The number of allylic oxidation sites excluding steroid dienone is 3. The van der Waals surface area contributed by atoms with Gasteiger partial charge in [0, 0.05) is 30.8 Å². The zero-order valence-corrected chi connectivity index (χ0v) is 13.4. The van der Waals surface area contributed by atoms with Crippen molar-refractivity contribution in [3.63, 3.8) is 0 Å². The molecule has 0 spiro atoms. The number of aromatic nitrogens is 1. The van der Waals surface area contributed by atoms with Gasteiger partial charge in [-0.15, -0.1) is 0 Å². The zero-order chi connectivity index (χ0) is 15.0. The van der Waals surface area contributed by atoms with E-state index in [4.69, 9.17) is 9.47 Å². The molecular weight excluding hydrogens is 250 g/mol. The molecule has 0 amide bonds. The summed E-state index contributed by atoms with van der Waals surface area (Å²) < 4.78 is 13.1. The highest BCUT2D eigenvalue weighted by atomic mass is 16.7. The van der Waals surface area contributed by atoms with Crippen LogP contribution >= 0.6 is 0 Å². The molecule has 0 saturated carbocycles. The maximum atomic E-state index is 5.42. The molecule has 2 heterocycles. The Kier molecular flexibility index (Phi) is 6.99. The largest absolute Gasteiger partial charge is 0.458 e. The van der Waals surface area contributed by atoms with E-state index < -0.39 is 0 Å². The van der Waals surface area contributed by atoms with E-state index in [0.29, 0.717) is 6.79 Å². The van der Waals surface area contributed by atoms with Crippen LogP contribution in [0, 0.1) is 6.92 Å². The van der Waals surface area contributed by atoms with Crippen molar-refractivity contribution in [3.05, 3.63) is 47.2 Å². The monoisotopic (exact) mass is 277 g/mol. The van der Waals surface area contributed by atoms with E-state index in [2.05, 4.69) is 43.5 Å². The second-order valence-electron chi connectivity index (χ2n) is 4.36. The highest BCUT2D eigenvalue weighted by Gasteiger charge is 2.12. The van der Waals surface area contributed by atoms with Gasteiger partial charge in [-0.05, 0) is 32.1 Å². The first-order valence-corrected chi connectivity index (χ1v) is 7.56. The minimum absolute atomic E-state index is 0.354. The van der Waals surface area contributed by atoms with Crippen LogP contribution in [-0.4, -0.2) is 11.4 Å². The highest BCUT2D eigenvalue weighted by molar-refractivity contribution is 5.22. The number of nitrogens with zero attached hydrogens (tertiary/aromatic N) is 1. The summed E-state index contributed by atoms with van der Waals surface area (Å²) in [5, 5.41) is 0. The van der Waals surface area contributed by atoms with Crippen LogP contribution in [0.15, 0.2) is 35.8 Å². The first-order chi connectivity index (χ1) is 9.76. The molecule has 20 heavy (non-hydrogen) atoms. The molecule has 0 saturated heterocycles. The molecule has 3 heteroatoms. The molecule has 3 nitrogen and oxygen atoms in total. The minimum atomic E-state index is 0.354. The molecule has 1 aromatic rings. The molecule has 1 aliphatic rings. The average molecular weight is 277 g/mol. The lowest BCUT2D eigenvalue weighted by Gasteiger charge is -2.06. The van der Waals surface area contributed by atoms with Gasteiger partial charge in [0.2, 0.25) is 6.79 Å². The van der Waals surface area contributed by atoms with E-state index in [1.165, 1.54) is 11.4 Å². The SMILES string of the molecule is CC.CCC1=C(/C=C\Cc2ccc(C)n2CC)OCO1. The molecule has 1 aromatic heterocycles. The molecule has 0 atom stereocenters. The van der Waals surface area contributed by atoms with E-state index in [1.54, 1.807) is 0 Å². The fraction of sp³-hybridized carbons (Fsp3) is 0.529. The summed E-state index contributed by atoms with van der Waals surface area (Å²) in [6, 6.07) is 4.35. The fourth-order valence-electron chi connectivity index (χ4n) is 2.27. The summed E-state index contributed by atoms with van der Waals surface area (Å²) in [5.74, 6) is 1.83. The van der Waals surface area contributed by atoms with Crippen molar-refractivity contribution in [2.45, 2.75) is 54.0 Å². The van der Waals surface area contributed by atoms with E-state index in [-0.39, 0.29) is 0 Å². The van der Waals surface area contributed by atoms with Crippen molar-refractivity contribution in [2.24, 2.45) is 0 Å². The molecule has 0 unspecified atom stereocenters. The van der Waals surface area contributed by atoms with E-state index >= 15 is 0 Å². The first-order valence-electron chi connectivity index (χ1n) is 7.56. The maximum absolute atomic E-state index is 5.42. The lowest BCUT2D eigenvalue weighted by Crippen LogP contribution is -2.01. The average Bonchev–Trinajstić information content (AvgIpc) is 3.07. The Hall–Kier alpha value is -1.64. The summed E-state index contributed by atoms with van der Waals surface area (Å²) in [6.07, 6.45) is 5.96. The van der Waals surface area contributed by atoms with Crippen molar-refractivity contribution in [2.75, 3.05) is 6.79 Å². The van der Waals surface area contributed by atoms with E-state index in [9.17, 15) is 0 Å². The molecule has 0 fully saturated rings. The Labute approximate surface area is 122 Å². The topological polar surface area (TPSA) is 23.4 Å². The zero-order valence-electron chi connectivity index (χ0n) is 13.4. The standard InChI is InChI=1S/C15H21NO2.C2H6/c1-4-14-15(18-11-17-14)8-6-7-13-10-9-12(3)16(13)5-2;1-2/h6,8-10H,4-5,7,11H2,1-3H3;1-2H3/b8-6-;. The summed E-state index contributed by atoms with van der Waals surface area (Å²) in [7, 11) is 0. The maximum Gasteiger partial charge on any atom is 0.230 e. The Morgan fingerprint density at radius 2 is 1.95 bits per heavy atom. The summed E-state index contributed by atoms with van der Waals surface area (Å²) in [5.41, 5.74) is 2.65. The van der Waals surface area contributed by atoms with Gasteiger partial charge in [0.15, 0.2) is 5.76 Å². The molecule has 0 radical (unpaired) electrons. The van der Waals surface area contributed by atoms with Crippen LogP contribution in [0.1, 0.15) is 45.5 Å². The Morgan fingerprint density at radius 3 is 2.60 bits per heavy atom. The summed E-state index contributed by atoms with van der Waals surface area (Å²) in [4.78, 5) is 0. The quantitative estimate of drug-likeness (QED) is 0.787. The lowest BCUT2D eigenvalue weighted by atomic mass is 10.2. The first kappa shape index (κ1) is 16.4. The smallest absolute Gasteiger partial charge is 0.230 e. The van der Waals surface area contributed by atoms with Crippen LogP contribution in [0.5, 0.6) is 0 Å². The third-order valence-corrected chi connectivity index (χ3v) is 3.25. The molecule has 2 rings (SSSR count). The number of hydrogen-bond donors (Lipinski definition) is 0. The fourth-order valence-corrected chi connectivity index (χ4v) is 2.27. The van der Waals surface area contributed by atoms with Gasteiger partial charge in [-0.25, -0.2) is 0 Å². The van der Waals surface area contributed by atoms with Crippen LogP contribution in [-0.2, 0) is 22.4 Å². The predicted octanol–water partition coefficient (Wildman–Crippen LogP) is 4.57. The van der Waals surface area contributed by atoms with Gasteiger partial charge in [0.25, 0.3) is 0 Å². The van der Waals surface area contributed by atoms with Gasteiger partial charge in [-0.1, -0.05) is 26.8 Å². The van der Waals surface area contributed by atoms with Crippen molar-refractivity contribution >= 4 is 0 Å². The Balaban J connectivity index is 0.000000956. The molecule has 1 aliphatic heterocycles. The van der Waals surface area contributed by atoms with Crippen LogP contribution < -0.4 is 0 Å². The third-order valence-electron chi connectivity index (χ3n) is 3.25.